The Kier molecular flexibility index (Phi) is 4.51. The van der Waals surface area contributed by atoms with Crippen LogP contribution in [0.5, 0.6) is 5.88 Å². The molecule has 0 spiro atoms. The fourth-order valence-corrected chi connectivity index (χ4v) is 3.03. The van der Waals surface area contributed by atoms with Crippen LogP contribution in [-0.4, -0.2) is 24.2 Å². The Hall–Kier alpha value is -1.77. The molecule has 0 N–H and O–H groups in total. The van der Waals surface area contributed by atoms with Crippen LogP contribution in [0.3, 0.4) is 0 Å². The number of anilines is 1. The number of hydrogen-bond donors (Lipinski definition) is 0. The van der Waals surface area contributed by atoms with Gasteiger partial charge in [0, 0.05) is 29.3 Å². The summed E-state index contributed by atoms with van der Waals surface area (Å²) in [5.41, 5.74) is 1.59. The van der Waals surface area contributed by atoms with Crippen LogP contribution < -0.4 is 9.64 Å². The van der Waals surface area contributed by atoms with Gasteiger partial charge in [-0.05, 0) is 30.3 Å². The van der Waals surface area contributed by atoms with Gasteiger partial charge in [0.25, 0.3) is 0 Å². The van der Waals surface area contributed by atoms with Gasteiger partial charge in [0.2, 0.25) is 11.6 Å². The summed E-state index contributed by atoms with van der Waals surface area (Å²) in [5, 5.41) is 0.520. The molecule has 0 amide bonds. The molecule has 1 fully saturated rings. The molecule has 0 radical (unpaired) electrons. The topological polar surface area (TPSA) is 29.7 Å². The molecule has 1 aromatic carbocycles. The number of ether oxygens (including phenoxy) is 1. The van der Waals surface area contributed by atoms with E-state index in [-0.39, 0.29) is 6.10 Å². The van der Waals surface area contributed by atoms with Gasteiger partial charge >= 0.3 is 0 Å². The normalized spacial score (nSPS) is 17.3. The molecule has 1 atom stereocenters. The first-order chi connectivity index (χ1) is 10.7. The van der Waals surface area contributed by atoms with Crippen molar-refractivity contribution in [2.24, 2.45) is 0 Å². The molecule has 22 heavy (non-hydrogen) atoms. The van der Waals surface area contributed by atoms with Crippen molar-refractivity contribution in [1.29, 1.82) is 0 Å². The molecule has 0 unspecified atom stereocenters. The van der Waals surface area contributed by atoms with Crippen LogP contribution in [0.1, 0.15) is 6.42 Å². The Labute approximate surface area is 142 Å². The molecule has 1 aromatic heterocycles. The van der Waals surface area contributed by atoms with Crippen molar-refractivity contribution in [3.8, 4) is 5.88 Å². The van der Waals surface area contributed by atoms with Crippen molar-refractivity contribution in [3.63, 3.8) is 0 Å². The molecule has 1 saturated heterocycles. The number of halogens is 2. The van der Waals surface area contributed by atoms with Crippen LogP contribution >= 0.6 is 27.5 Å². The molecular formula is C16H13BrClN3O. The van der Waals surface area contributed by atoms with E-state index >= 15 is 0 Å². The molecule has 112 valence electrons. The number of nitrogens with zero attached hydrogens (tertiary/aromatic N) is 3. The predicted molar refractivity (Wildman–Crippen MR) is 90.9 cm³/mol. The van der Waals surface area contributed by atoms with Crippen molar-refractivity contribution in [1.82, 2.24) is 4.98 Å². The lowest BCUT2D eigenvalue weighted by atomic mass is 10.2. The molecule has 4 nitrogen and oxygen atoms in total. The minimum Gasteiger partial charge on any atom is -0.471 e. The second-order valence-corrected chi connectivity index (χ2v) is 6.33. The highest BCUT2D eigenvalue weighted by molar-refractivity contribution is 9.10. The number of benzene rings is 1. The standard InChI is InChI=1S/C16H13BrClN3O/c1-19-14-9-11(17)4-5-15(14)21-8-6-12(10-21)22-16-13(18)3-2-7-20-16/h2-5,7,9,12H,6,8,10H2/t12-/m0/s1. The molecule has 2 aromatic rings. The number of aromatic nitrogens is 1. The highest BCUT2D eigenvalue weighted by Gasteiger charge is 2.26. The van der Waals surface area contributed by atoms with Crippen LogP contribution in [0, 0.1) is 6.57 Å². The number of rotatable bonds is 3. The Morgan fingerprint density at radius 2 is 2.27 bits per heavy atom. The minimum absolute atomic E-state index is 0.0228. The molecule has 0 bridgehead atoms. The maximum atomic E-state index is 7.32. The van der Waals surface area contributed by atoms with Crippen molar-refractivity contribution in [2.45, 2.75) is 12.5 Å². The van der Waals surface area contributed by atoms with E-state index in [0.29, 0.717) is 16.6 Å². The molecule has 6 heteroatoms. The highest BCUT2D eigenvalue weighted by Crippen LogP contribution is 2.34. The first kappa shape index (κ1) is 15.1. The molecule has 2 heterocycles. The first-order valence-electron chi connectivity index (χ1n) is 6.86. The second kappa shape index (κ2) is 6.55. The van der Waals surface area contributed by atoms with Gasteiger partial charge in [0.05, 0.1) is 13.1 Å². The SMILES string of the molecule is [C-]#[N+]c1cc(Br)ccc1N1CC[C@H](Oc2ncccc2Cl)C1. The minimum atomic E-state index is 0.0228. The largest absolute Gasteiger partial charge is 0.471 e. The third-order valence-electron chi connectivity index (χ3n) is 3.55. The average Bonchev–Trinajstić information content (AvgIpc) is 2.98. The Morgan fingerprint density at radius 1 is 1.41 bits per heavy atom. The van der Waals surface area contributed by atoms with E-state index in [9.17, 15) is 0 Å². The molecule has 1 aliphatic rings. The van der Waals surface area contributed by atoms with Gasteiger partial charge in [-0.3, -0.25) is 0 Å². The van der Waals surface area contributed by atoms with Gasteiger partial charge in [-0.15, -0.1) is 0 Å². The van der Waals surface area contributed by atoms with E-state index in [2.05, 4.69) is 30.7 Å². The van der Waals surface area contributed by atoms with Crippen molar-refractivity contribution >= 4 is 38.9 Å². The fraction of sp³-hybridized carbons (Fsp3) is 0.250. The lowest BCUT2D eigenvalue weighted by Crippen LogP contribution is -2.24. The zero-order valence-electron chi connectivity index (χ0n) is 11.7. The van der Waals surface area contributed by atoms with E-state index in [1.807, 2.05) is 18.2 Å². The van der Waals surface area contributed by atoms with Crippen LogP contribution in [0.2, 0.25) is 5.02 Å². The van der Waals surface area contributed by atoms with Gasteiger partial charge in [-0.25, -0.2) is 9.83 Å². The van der Waals surface area contributed by atoms with Gasteiger partial charge in [0.1, 0.15) is 11.1 Å². The Balaban J connectivity index is 1.73. The molecule has 3 rings (SSSR count). The summed E-state index contributed by atoms with van der Waals surface area (Å²) in [6.45, 7) is 8.89. The lowest BCUT2D eigenvalue weighted by Gasteiger charge is -2.20. The summed E-state index contributed by atoms with van der Waals surface area (Å²) in [6.07, 6.45) is 2.56. The third-order valence-corrected chi connectivity index (χ3v) is 4.33. The zero-order valence-corrected chi connectivity index (χ0v) is 14.0. The van der Waals surface area contributed by atoms with Gasteiger partial charge in [-0.2, -0.15) is 0 Å². The average molecular weight is 379 g/mol. The van der Waals surface area contributed by atoms with E-state index < -0.39 is 0 Å². The van der Waals surface area contributed by atoms with Crippen LogP contribution in [0.4, 0.5) is 11.4 Å². The second-order valence-electron chi connectivity index (χ2n) is 5.01. The van der Waals surface area contributed by atoms with Crippen LogP contribution in [-0.2, 0) is 0 Å². The maximum Gasteiger partial charge on any atom is 0.232 e. The fourth-order valence-electron chi connectivity index (χ4n) is 2.51. The smallest absolute Gasteiger partial charge is 0.232 e. The number of pyridine rings is 1. The van der Waals surface area contributed by atoms with Gasteiger partial charge < -0.3 is 9.64 Å². The Morgan fingerprint density at radius 3 is 3.05 bits per heavy atom. The molecule has 1 aliphatic heterocycles. The van der Waals surface area contributed by atoms with Crippen molar-refractivity contribution in [3.05, 3.63) is 57.4 Å². The van der Waals surface area contributed by atoms with E-state index in [1.165, 1.54) is 0 Å². The molecular weight excluding hydrogens is 366 g/mol. The summed E-state index contributed by atoms with van der Waals surface area (Å²) >= 11 is 9.48. The lowest BCUT2D eigenvalue weighted by molar-refractivity contribution is 0.216. The quantitative estimate of drug-likeness (QED) is 0.725. The number of hydrogen-bond acceptors (Lipinski definition) is 3. The van der Waals surface area contributed by atoms with Gasteiger partial charge in [0.15, 0.2) is 0 Å². The van der Waals surface area contributed by atoms with Crippen LogP contribution in [0.25, 0.3) is 4.85 Å². The van der Waals surface area contributed by atoms with Crippen molar-refractivity contribution in [2.75, 3.05) is 18.0 Å². The van der Waals surface area contributed by atoms with Gasteiger partial charge in [-0.1, -0.05) is 27.5 Å². The van der Waals surface area contributed by atoms with E-state index in [1.54, 1.807) is 18.3 Å². The van der Waals surface area contributed by atoms with E-state index in [0.717, 1.165) is 29.7 Å². The first-order valence-corrected chi connectivity index (χ1v) is 8.03. The molecule has 0 aliphatic carbocycles. The maximum absolute atomic E-state index is 7.32. The molecule has 0 saturated carbocycles. The summed E-state index contributed by atoms with van der Waals surface area (Å²) in [4.78, 5) is 9.93. The summed E-state index contributed by atoms with van der Waals surface area (Å²) in [5.74, 6) is 0.470. The summed E-state index contributed by atoms with van der Waals surface area (Å²) in [7, 11) is 0. The predicted octanol–water partition coefficient (Wildman–Crippen LogP) is 4.71. The zero-order chi connectivity index (χ0) is 15.5. The highest BCUT2D eigenvalue weighted by atomic mass is 79.9. The third kappa shape index (κ3) is 3.18. The summed E-state index contributed by atoms with van der Waals surface area (Å²) in [6, 6.07) is 9.30. The monoisotopic (exact) mass is 377 g/mol. The van der Waals surface area contributed by atoms with Crippen molar-refractivity contribution < 1.29 is 4.74 Å². The van der Waals surface area contributed by atoms with Crippen LogP contribution in [0.15, 0.2) is 41.0 Å². The Bertz CT molecular complexity index is 732. The summed E-state index contributed by atoms with van der Waals surface area (Å²) < 4.78 is 6.80. The van der Waals surface area contributed by atoms with E-state index in [4.69, 9.17) is 22.9 Å².